The summed E-state index contributed by atoms with van der Waals surface area (Å²) >= 11 is 0. The molecule has 3 aromatic carbocycles. The van der Waals surface area contributed by atoms with Gasteiger partial charge in [-0.05, 0) is 42.0 Å². The number of hydrogen-bond donors (Lipinski definition) is 0. The summed E-state index contributed by atoms with van der Waals surface area (Å²) in [6, 6.07) is 18.8. The molecule has 0 fully saturated rings. The molecule has 0 N–H and O–H groups in total. The van der Waals surface area contributed by atoms with Gasteiger partial charge in [-0.3, -0.25) is 19.3 Å². The van der Waals surface area contributed by atoms with Gasteiger partial charge < -0.3 is 4.74 Å². The predicted molar refractivity (Wildman–Crippen MR) is 113 cm³/mol. The van der Waals surface area contributed by atoms with Gasteiger partial charge in [0.05, 0.1) is 11.1 Å². The van der Waals surface area contributed by atoms with Gasteiger partial charge in [0, 0.05) is 12.0 Å². The SMILES string of the molecule is O=C(COC(=O)[C@@H](Cc1ccccc1)N1C(=O)c2ccccc2C1=O)c1ccc(F)cc1. The third-order valence-corrected chi connectivity index (χ3v) is 5.19. The fraction of sp³-hybridized carbons (Fsp3) is 0.120. The maximum atomic E-state index is 13.1. The van der Waals surface area contributed by atoms with Crippen LogP contribution in [0.4, 0.5) is 4.39 Å². The average Bonchev–Trinajstić information content (AvgIpc) is 3.07. The second-order valence-electron chi connectivity index (χ2n) is 7.27. The van der Waals surface area contributed by atoms with Crippen LogP contribution in [0.25, 0.3) is 0 Å². The number of fused-ring (bicyclic) bond motifs is 1. The van der Waals surface area contributed by atoms with Crippen LogP contribution in [0.1, 0.15) is 36.6 Å². The summed E-state index contributed by atoms with van der Waals surface area (Å²) in [6.45, 7) is -0.598. The summed E-state index contributed by atoms with van der Waals surface area (Å²) in [5.41, 5.74) is 1.33. The van der Waals surface area contributed by atoms with Crippen LogP contribution in [0.3, 0.4) is 0 Å². The summed E-state index contributed by atoms with van der Waals surface area (Å²) < 4.78 is 18.3. The molecule has 0 radical (unpaired) electrons. The minimum absolute atomic E-state index is 0.0376. The first-order valence-corrected chi connectivity index (χ1v) is 9.92. The van der Waals surface area contributed by atoms with Gasteiger partial charge in [0.1, 0.15) is 11.9 Å². The fourth-order valence-corrected chi connectivity index (χ4v) is 3.56. The van der Waals surface area contributed by atoms with E-state index in [0.717, 1.165) is 22.6 Å². The van der Waals surface area contributed by atoms with Crippen molar-refractivity contribution in [3.8, 4) is 0 Å². The van der Waals surface area contributed by atoms with Crippen molar-refractivity contribution in [3.05, 3.63) is 107 Å². The van der Waals surface area contributed by atoms with Crippen molar-refractivity contribution in [2.45, 2.75) is 12.5 Å². The van der Waals surface area contributed by atoms with Crippen molar-refractivity contribution in [1.29, 1.82) is 0 Å². The van der Waals surface area contributed by atoms with Crippen molar-refractivity contribution in [3.63, 3.8) is 0 Å². The highest BCUT2D eigenvalue weighted by Gasteiger charge is 2.43. The average molecular weight is 431 g/mol. The van der Waals surface area contributed by atoms with Gasteiger partial charge in [-0.15, -0.1) is 0 Å². The van der Waals surface area contributed by atoms with E-state index in [9.17, 15) is 23.6 Å². The Bertz CT molecular complexity index is 1160. The first-order chi connectivity index (χ1) is 15.5. The highest BCUT2D eigenvalue weighted by atomic mass is 19.1. The second kappa shape index (κ2) is 8.93. The molecule has 2 amide bonds. The lowest BCUT2D eigenvalue weighted by molar-refractivity contribution is -0.147. The van der Waals surface area contributed by atoms with Crippen LogP contribution in [0.5, 0.6) is 0 Å². The minimum atomic E-state index is -1.24. The van der Waals surface area contributed by atoms with Gasteiger partial charge in [-0.1, -0.05) is 42.5 Å². The maximum absolute atomic E-state index is 13.1. The molecule has 160 valence electrons. The van der Waals surface area contributed by atoms with Gasteiger partial charge in [0.2, 0.25) is 0 Å². The molecule has 7 heteroatoms. The Morgan fingerprint density at radius 2 is 1.38 bits per heavy atom. The van der Waals surface area contributed by atoms with Crippen LogP contribution >= 0.6 is 0 Å². The molecule has 0 saturated carbocycles. The van der Waals surface area contributed by atoms with Crippen LogP contribution in [0.2, 0.25) is 0 Å². The van der Waals surface area contributed by atoms with Crippen LogP contribution in [-0.4, -0.2) is 41.1 Å². The van der Waals surface area contributed by atoms with Crippen molar-refractivity contribution < 1.29 is 28.3 Å². The summed E-state index contributed by atoms with van der Waals surface area (Å²) in [4.78, 5) is 52.1. The lowest BCUT2D eigenvalue weighted by atomic mass is 10.0. The van der Waals surface area contributed by atoms with E-state index in [1.54, 1.807) is 42.5 Å². The zero-order valence-corrected chi connectivity index (χ0v) is 16.9. The standard InChI is InChI=1S/C25H18FNO5/c26-18-12-10-17(11-13-18)22(28)15-32-25(31)21(14-16-6-2-1-3-7-16)27-23(29)19-8-4-5-9-20(19)24(27)30/h1-13,21H,14-15H2/t21-/m1/s1. The normalized spacial score (nSPS) is 13.6. The van der Waals surface area contributed by atoms with Crippen LogP contribution in [-0.2, 0) is 16.0 Å². The van der Waals surface area contributed by atoms with Crippen molar-refractivity contribution >= 4 is 23.6 Å². The van der Waals surface area contributed by atoms with E-state index in [-0.39, 0.29) is 23.1 Å². The van der Waals surface area contributed by atoms with Crippen molar-refractivity contribution in [1.82, 2.24) is 4.90 Å². The largest absolute Gasteiger partial charge is 0.456 e. The molecule has 1 aliphatic rings. The molecule has 0 saturated heterocycles. The molecule has 3 aromatic rings. The van der Waals surface area contributed by atoms with E-state index in [2.05, 4.69) is 0 Å². The number of ketones is 1. The minimum Gasteiger partial charge on any atom is -0.456 e. The zero-order valence-electron chi connectivity index (χ0n) is 16.9. The molecular formula is C25H18FNO5. The van der Waals surface area contributed by atoms with E-state index in [4.69, 9.17) is 4.74 Å². The number of halogens is 1. The topological polar surface area (TPSA) is 80.8 Å². The van der Waals surface area contributed by atoms with E-state index < -0.39 is 42.0 Å². The molecule has 32 heavy (non-hydrogen) atoms. The molecule has 6 nitrogen and oxygen atoms in total. The molecule has 1 heterocycles. The number of rotatable bonds is 7. The third-order valence-electron chi connectivity index (χ3n) is 5.19. The number of carbonyl (C=O) groups is 4. The third kappa shape index (κ3) is 4.18. The van der Waals surface area contributed by atoms with E-state index in [1.165, 1.54) is 24.3 Å². The van der Waals surface area contributed by atoms with Crippen LogP contribution < -0.4 is 0 Å². The van der Waals surface area contributed by atoms with E-state index in [1.807, 2.05) is 0 Å². The summed E-state index contributed by atoms with van der Waals surface area (Å²) in [5.74, 6) is -3.08. The number of ether oxygens (including phenoxy) is 1. The molecule has 0 spiro atoms. The molecule has 1 atom stereocenters. The first kappa shape index (κ1) is 21.1. The highest BCUT2D eigenvalue weighted by molar-refractivity contribution is 6.22. The fourth-order valence-electron chi connectivity index (χ4n) is 3.56. The molecular weight excluding hydrogens is 413 g/mol. The number of nitrogens with zero attached hydrogens (tertiary/aromatic N) is 1. The maximum Gasteiger partial charge on any atom is 0.330 e. The van der Waals surface area contributed by atoms with Gasteiger partial charge >= 0.3 is 5.97 Å². The van der Waals surface area contributed by atoms with Gasteiger partial charge in [-0.25, -0.2) is 9.18 Å². The van der Waals surface area contributed by atoms with Crippen LogP contribution in [0, 0.1) is 5.82 Å². The Morgan fingerprint density at radius 3 is 1.97 bits per heavy atom. The first-order valence-electron chi connectivity index (χ1n) is 9.92. The van der Waals surface area contributed by atoms with E-state index >= 15 is 0 Å². The summed E-state index contributed by atoms with van der Waals surface area (Å²) in [6.07, 6.45) is 0.0376. The zero-order chi connectivity index (χ0) is 22.7. The molecule has 0 unspecified atom stereocenters. The second-order valence-corrected chi connectivity index (χ2v) is 7.27. The molecule has 4 rings (SSSR count). The van der Waals surface area contributed by atoms with Gasteiger partial charge in [0.15, 0.2) is 12.4 Å². The Kier molecular flexibility index (Phi) is 5.89. The lowest BCUT2D eigenvalue weighted by Crippen LogP contribution is -2.47. The van der Waals surface area contributed by atoms with Crippen LogP contribution in [0.15, 0.2) is 78.9 Å². The number of imide groups is 1. The molecule has 0 aromatic heterocycles. The molecule has 0 aliphatic carbocycles. The highest BCUT2D eigenvalue weighted by Crippen LogP contribution is 2.26. The van der Waals surface area contributed by atoms with Gasteiger partial charge in [0.25, 0.3) is 11.8 Å². The number of carbonyl (C=O) groups excluding carboxylic acids is 4. The Hall–Kier alpha value is -4.13. The summed E-state index contributed by atoms with van der Waals surface area (Å²) in [7, 11) is 0. The van der Waals surface area contributed by atoms with Crippen molar-refractivity contribution in [2.24, 2.45) is 0 Å². The van der Waals surface area contributed by atoms with E-state index in [0.29, 0.717) is 0 Å². The monoisotopic (exact) mass is 431 g/mol. The quantitative estimate of drug-likeness (QED) is 0.325. The Labute approximate surface area is 183 Å². The van der Waals surface area contributed by atoms with Crippen molar-refractivity contribution in [2.75, 3.05) is 6.61 Å². The Morgan fingerprint density at radius 1 is 0.812 bits per heavy atom. The smallest absolute Gasteiger partial charge is 0.330 e. The lowest BCUT2D eigenvalue weighted by Gasteiger charge is -2.24. The Balaban J connectivity index is 1.56. The number of Topliss-reactive ketones (excluding diaryl/α,β-unsaturated/α-hetero) is 1. The number of amides is 2. The molecule has 0 bridgehead atoms. The summed E-state index contributed by atoms with van der Waals surface area (Å²) in [5, 5.41) is 0. The number of esters is 1. The predicted octanol–water partition coefficient (Wildman–Crippen LogP) is 3.46. The molecule has 1 aliphatic heterocycles. The number of benzene rings is 3. The van der Waals surface area contributed by atoms with Gasteiger partial charge in [-0.2, -0.15) is 0 Å². The number of hydrogen-bond acceptors (Lipinski definition) is 5.